The van der Waals surface area contributed by atoms with Gasteiger partial charge in [-0.3, -0.25) is 19.3 Å². The van der Waals surface area contributed by atoms with E-state index in [1.54, 1.807) is 24.3 Å². The van der Waals surface area contributed by atoms with E-state index in [0.29, 0.717) is 16.8 Å². The molecule has 1 aromatic carbocycles. The number of fused-ring (bicyclic) bond motifs is 1. The van der Waals surface area contributed by atoms with Crippen LogP contribution in [0.1, 0.15) is 20.7 Å². The zero-order valence-electron chi connectivity index (χ0n) is 12.1. The molecule has 0 bridgehead atoms. The molecule has 1 aliphatic rings. The average molecular weight is 312 g/mol. The predicted octanol–water partition coefficient (Wildman–Crippen LogP) is 0.720. The molecular formula is C15H12N4O4. The summed E-state index contributed by atoms with van der Waals surface area (Å²) in [6, 6.07) is 6.63. The number of hydrogen-bond acceptors (Lipinski definition) is 6. The second-order valence-corrected chi connectivity index (χ2v) is 4.75. The molecular weight excluding hydrogens is 300 g/mol. The van der Waals surface area contributed by atoms with Crippen molar-refractivity contribution in [3.8, 4) is 6.01 Å². The molecule has 2 heterocycles. The lowest BCUT2D eigenvalue weighted by Crippen LogP contribution is -2.37. The zero-order valence-corrected chi connectivity index (χ0v) is 12.1. The number of aromatic nitrogens is 2. The number of amides is 3. The van der Waals surface area contributed by atoms with E-state index in [1.807, 2.05) is 0 Å². The minimum absolute atomic E-state index is 0.170. The molecule has 2 aromatic rings. The van der Waals surface area contributed by atoms with Crippen LogP contribution in [0.4, 0.5) is 5.69 Å². The Morgan fingerprint density at radius 3 is 2.22 bits per heavy atom. The summed E-state index contributed by atoms with van der Waals surface area (Å²) in [6.45, 7) is -0.377. The van der Waals surface area contributed by atoms with Crippen LogP contribution < -0.4 is 10.1 Å². The van der Waals surface area contributed by atoms with Gasteiger partial charge in [0.2, 0.25) is 5.91 Å². The first-order valence-electron chi connectivity index (χ1n) is 6.71. The van der Waals surface area contributed by atoms with Crippen LogP contribution in [0, 0.1) is 0 Å². The summed E-state index contributed by atoms with van der Waals surface area (Å²) in [4.78, 5) is 45.0. The van der Waals surface area contributed by atoms with Gasteiger partial charge in [-0.2, -0.15) is 0 Å². The molecule has 116 valence electrons. The fraction of sp³-hybridized carbons (Fsp3) is 0.133. The maximum atomic E-state index is 12.2. The van der Waals surface area contributed by atoms with E-state index >= 15 is 0 Å². The van der Waals surface area contributed by atoms with Crippen molar-refractivity contribution in [2.24, 2.45) is 0 Å². The number of imide groups is 1. The number of benzene rings is 1. The van der Waals surface area contributed by atoms with Gasteiger partial charge in [0.15, 0.2) is 0 Å². The van der Waals surface area contributed by atoms with Crippen molar-refractivity contribution in [1.82, 2.24) is 14.9 Å². The molecule has 0 aliphatic carbocycles. The molecule has 0 unspecified atom stereocenters. The summed E-state index contributed by atoms with van der Waals surface area (Å²) in [5.74, 6) is -1.48. The third-order valence-corrected chi connectivity index (χ3v) is 3.27. The molecule has 1 aliphatic heterocycles. The van der Waals surface area contributed by atoms with Gasteiger partial charge < -0.3 is 10.1 Å². The topological polar surface area (TPSA) is 101 Å². The number of carbonyl (C=O) groups excluding carboxylic acids is 3. The summed E-state index contributed by atoms with van der Waals surface area (Å²) in [6.07, 6.45) is 2.73. The van der Waals surface area contributed by atoms with Crippen LogP contribution in [0.5, 0.6) is 6.01 Å². The van der Waals surface area contributed by atoms with Crippen LogP contribution in [0.15, 0.2) is 36.7 Å². The minimum atomic E-state index is -0.520. The monoisotopic (exact) mass is 312 g/mol. The molecule has 3 amide bonds. The lowest BCUT2D eigenvalue weighted by atomic mass is 10.1. The third kappa shape index (κ3) is 2.73. The average Bonchev–Trinajstić information content (AvgIpc) is 2.81. The van der Waals surface area contributed by atoms with Crippen LogP contribution in [0.25, 0.3) is 0 Å². The molecule has 1 aromatic heterocycles. The van der Waals surface area contributed by atoms with Gasteiger partial charge in [-0.1, -0.05) is 12.1 Å². The van der Waals surface area contributed by atoms with Crippen molar-refractivity contribution in [2.75, 3.05) is 19.0 Å². The van der Waals surface area contributed by atoms with Gasteiger partial charge in [-0.15, -0.1) is 0 Å². The lowest BCUT2D eigenvalue weighted by Gasteiger charge is -2.13. The van der Waals surface area contributed by atoms with Gasteiger partial charge >= 0.3 is 6.01 Å². The first kappa shape index (κ1) is 14.6. The number of rotatable bonds is 4. The molecule has 0 radical (unpaired) electrons. The highest BCUT2D eigenvalue weighted by Gasteiger charge is 2.36. The number of ether oxygens (including phenoxy) is 1. The number of hydrogen-bond donors (Lipinski definition) is 1. The number of nitrogens with zero attached hydrogens (tertiary/aromatic N) is 3. The van der Waals surface area contributed by atoms with E-state index in [-0.39, 0.29) is 12.6 Å². The Morgan fingerprint density at radius 1 is 1.13 bits per heavy atom. The second-order valence-electron chi connectivity index (χ2n) is 4.75. The van der Waals surface area contributed by atoms with Gasteiger partial charge in [-0.25, -0.2) is 9.97 Å². The van der Waals surface area contributed by atoms with Gasteiger partial charge in [0.25, 0.3) is 11.8 Å². The Bertz CT molecular complexity index is 753. The van der Waals surface area contributed by atoms with E-state index in [4.69, 9.17) is 4.74 Å². The van der Waals surface area contributed by atoms with Crippen LogP contribution >= 0.6 is 0 Å². The highest BCUT2D eigenvalue weighted by atomic mass is 16.5. The summed E-state index contributed by atoms with van der Waals surface area (Å²) in [5, 5.41) is 2.52. The lowest BCUT2D eigenvalue weighted by molar-refractivity contribution is -0.116. The van der Waals surface area contributed by atoms with Crippen molar-refractivity contribution in [1.29, 1.82) is 0 Å². The maximum Gasteiger partial charge on any atom is 0.316 e. The standard InChI is InChI=1S/C15H12N4O4/c1-23-15-16-6-9(7-17-15)18-12(20)8-19-13(21)10-4-2-3-5-11(10)14(19)22/h2-7H,8H2,1H3,(H,18,20). The largest absolute Gasteiger partial charge is 0.467 e. The molecule has 8 nitrogen and oxygen atoms in total. The van der Waals surface area contributed by atoms with Crippen molar-refractivity contribution in [3.63, 3.8) is 0 Å². The van der Waals surface area contributed by atoms with E-state index in [1.165, 1.54) is 19.5 Å². The first-order chi connectivity index (χ1) is 11.1. The molecule has 0 fully saturated rings. The Balaban J connectivity index is 1.69. The molecule has 1 N–H and O–H groups in total. The molecule has 0 spiro atoms. The molecule has 0 atom stereocenters. The highest BCUT2D eigenvalue weighted by molar-refractivity contribution is 6.22. The van der Waals surface area contributed by atoms with E-state index in [2.05, 4.69) is 15.3 Å². The fourth-order valence-corrected chi connectivity index (χ4v) is 2.21. The number of carbonyl (C=O) groups is 3. The van der Waals surface area contributed by atoms with Crippen LogP contribution in [-0.2, 0) is 4.79 Å². The Kier molecular flexibility index (Phi) is 3.71. The SMILES string of the molecule is COc1ncc(NC(=O)CN2C(=O)c3ccccc3C2=O)cn1. The molecule has 0 saturated carbocycles. The highest BCUT2D eigenvalue weighted by Crippen LogP contribution is 2.22. The molecule has 3 rings (SSSR count). The minimum Gasteiger partial charge on any atom is -0.467 e. The summed E-state index contributed by atoms with van der Waals surface area (Å²) in [5.41, 5.74) is 0.948. The van der Waals surface area contributed by atoms with Crippen LogP contribution in [0.2, 0.25) is 0 Å². The van der Waals surface area contributed by atoms with Gasteiger partial charge in [0.1, 0.15) is 6.54 Å². The zero-order chi connectivity index (χ0) is 16.4. The second kappa shape index (κ2) is 5.84. The Morgan fingerprint density at radius 2 is 1.70 bits per heavy atom. The predicted molar refractivity (Wildman–Crippen MR) is 79.0 cm³/mol. The van der Waals surface area contributed by atoms with E-state index in [0.717, 1.165) is 4.90 Å². The normalized spacial score (nSPS) is 13.0. The van der Waals surface area contributed by atoms with E-state index in [9.17, 15) is 14.4 Å². The summed E-state index contributed by atoms with van der Waals surface area (Å²) in [7, 11) is 1.43. The number of methoxy groups -OCH3 is 1. The van der Waals surface area contributed by atoms with Crippen molar-refractivity contribution >= 4 is 23.4 Å². The quantitative estimate of drug-likeness (QED) is 0.835. The summed E-state index contributed by atoms with van der Waals surface area (Å²) < 4.78 is 4.81. The summed E-state index contributed by atoms with van der Waals surface area (Å²) >= 11 is 0. The van der Waals surface area contributed by atoms with Crippen molar-refractivity contribution in [2.45, 2.75) is 0 Å². The number of nitrogens with one attached hydrogen (secondary N) is 1. The van der Waals surface area contributed by atoms with Crippen LogP contribution in [0.3, 0.4) is 0 Å². The maximum absolute atomic E-state index is 12.2. The number of anilines is 1. The molecule has 23 heavy (non-hydrogen) atoms. The van der Waals surface area contributed by atoms with Gasteiger partial charge in [0, 0.05) is 0 Å². The first-order valence-corrected chi connectivity index (χ1v) is 6.71. The Labute approximate surface area is 131 Å². The van der Waals surface area contributed by atoms with Crippen LogP contribution in [-0.4, -0.2) is 46.2 Å². The van der Waals surface area contributed by atoms with E-state index < -0.39 is 17.7 Å². The Hall–Kier alpha value is -3.29. The third-order valence-electron chi connectivity index (χ3n) is 3.27. The fourth-order valence-electron chi connectivity index (χ4n) is 2.21. The van der Waals surface area contributed by atoms with Crippen molar-refractivity contribution < 1.29 is 19.1 Å². The molecule has 0 saturated heterocycles. The van der Waals surface area contributed by atoms with Gasteiger partial charge in [0.05, 0.1) is 36.3 Å². The van der Waals surface area contributed by atoms with Gasteiger partial charge in [-0.05, 0) is 12.1 Å². The smallest absolute Gasteiger partial charge is 0.316 e. The van der Waals surface area contributed by atoms with Crippen molar-refractivity contribution in [3.05, 3.63) is 47.8 Å². The molecule has 8 heteroatoms.